The Bertz CT molecular complexity index is 419. The molecule has 5 nitrogen and oxygen atoms in total. The van der Waals surface area contributed by atoms with Crippen molar-refractivity contribution in [3.8, 4) is 0 Å². The molecule has 0 spiro atoms. The third-order valence-corrected chi connectivity index (χ3v) is 1.98. The van der Waals surface area contributed by atoms with Gasteiger partial charge in [0.2, 0.25) is 5.91 Å². The number of carbonyl (C=O) groups is 1. The monoisotopic (exact) mass is 248 g/mol. The first-order chi connectivity index (χ1) is 7.84. The van der Waals surface area contributed by atoms with Gasteiger partial charge in [0.25, 0.3) is 0 Å². The van der Waals surface area contributed by atoms with Gasteiger partial charge in [0.1, 0.15) is 17.2 Å². The Morgan fingerprint density at radius 3 is 2.65 bits per heavy atom. The van der Waals surface area contributed by atoms with Crippen molar-refractivity contribution in [1.82, 2.24) is 9.97 Å². The minimum absolute atomic E-state index is 0.00544. The summed E-state index contributed by atoms with van der Waals surface area (Å²) in [4.78, 5) is 17.8. The molecular formula is C9H11F3N4O. The van der Waals surface area contributed by atoms with Crippen molar-refractivity contribution in [2.75, 3.05) is 12.4 Å². The van der Waals surface area contributed by atoms with E-state index < -0.39 is 17.6 Å². The molecule has 94 valence electrons. The minimum Gasteiger partial charge on any atom is -0.373 e. The highest BCUT2D eigenvalue weighted by molar-refractivity contribution is 5.73. The predicted octanol–water partition coefficient (Wildman–Crippen LogP) is 0.955. The average molecular weight is 248 g/mol. The molecule has 8 heteroatoms. The number of nitrogens with zero attached hydrogens (tertiary/aromatic N) is 2. The van der Waals surface area contributed by atoms with Gasteiger partial charge in [0.05, 0.1) is 0 Å². The summed E-state index contributed by atoms with van der Waals surface area (Å²) in [6.07, 6.45) is -3.72. The lowest BCUT2D eigenvalue weighted by Gasteiger charge is -2.11. The molecule has 0 saturated heterocycles. The second-order valence-electron chi connectivity index (χ2n) is 3.26. The summed E-state index contributed by atoms with van der Waals surface area (Å²) in [5.41, 5.74) is 3.98. The number of rotatable bonds is 4. The van der Waals surface area contributed by atoms with Gasteiger partial charge >= 0.3 is 6.18 Å². The van der Waals surface area contributed by atoms with Crippen LogP contribution in [-0.2, 0) is 17.4 Å². The third kappa shape index (κ3) is 3.58. The van der Waals surface area contributed by atoms with Gasteiger partial charge in [-0.2, -0.15) is 13.2 Å². The lowest BCUT2D eigenvalue weighted by atomic mass is 10.2. The standard InChI is InChI=1S/C9H11F3N4O/c1-14-8-5(9(10,11)12)4-15-7(16-8)3-2-6(13)17/h4H,2-3H2,1H3,(H2,13,17)(H,14,15,16). The van der Waals surface area contributed by atoms with Crippen LogP contribution in [0.1, 0.15) is 17.8 Å². The molecule has 1 amide bonds. The fourth-order valence-corrected chi connectivity index (χ4v) is 1.17. The number of primary amides is 1. The predicted molar refractivity (Wildman–Crippen MR) is 54.1 cm³/mol. The maximum atomic E-state index is 12.5. The zero-order valence-electron chi connectivity index (χ0n) is 9.01. The topological polar surface area (TPSA) is 80.9 Å². The lowest BCUT2D eigenvalue weighted by molar-refractivity contribution is -0.137. The van der Waals surface area contributed by atoms with Crippen LogP contribution in [0, 0.1) is 0 Å². The molecule has 0 radical (unpaired) electrons. The molecule has 0 aliphatic rings. The maximum Gasteiger partial charge on any atom is 0.421 e. The first kappa shape index (κ1) is 13.2. The van der Waals surface area contributed by atoms with E-state index in [0.717, 1.165) is 0 Å². The molecule has 0 atom stereocenters. The zero-order chi connectivity index (χ0) is 13.1. The number of halogens is 3. The number of aryl methyl sites for hydroxylation is 1. The van der Waals surface area contributed by atoms with Gasteiger partial charge in [-0.3, -0.25) is 4.79 Å². The van der Waals surface area contributed by atoms with Gasteiger partial charge in [-0.25, -0.2) is 9.97 Å². The van der Waals surface area contributed by atoms with Gasteiger partial charge in [-0.1, -0.05) is 0 Å². The Balaban J connectivity index is 2.96. The zero-order valence-corrected chi connectivity index (χ0v) is 9.01. The second kappa shape index (κ2) is 4.98. The summed E-state index contributed by atoms with van der Waals surface area (Å²) in [6, 6.07) is 0. The van der Waals surface area contributed by atoms with Crippen LogP contribution in [0.5, 0.6) is 0 Å². The van der Waals surface area contributed by atoms with E-state index in [2.05, 4.69) is 15.3 Å². The molecule has 1 aromatic heterocycles. The van der Waals surface area contributed by atoms with E-state index in [1.807, 2.05) is 0 Å². The smallest absolute Gasteiger partial charge is 0.373 e. The van der Waals surface area contributed by atoms with E-state index in [-0.39, 0.29) is 24.5 Å². The first-order valence-electron chi connectivity index (χ1n) is 4.73. The fraction of sp³-hybridized carbons (Fsp3) is 0.444. The van der Waals surface area contributed by atoms with E-state index in [1.54, 1.807) is 0 Å². The normalized spacial score (nSPS) is 11.3. The highest BCUT2D eigenvalue weighted by Gasteiger charge is 2.34. The molecule has 0 aliphatic carbocycles. The lowest BCUT2D eigenvalue weighted by Crippen LogP contribution is -2.15. The summed E-state index contributed by atoms with van der Waals surface area (Å²) in [7, 11) is 1.33. The van der Waals surface area contributed by atoms with Crippen molar-refractivity contribution in [2.24, 2.45) is 5.73 Å². The number of nitrogens with two attached hydrogens (primary N) is 1. The summed E-state index contributed by atoms with van der Waals surface area (Å²) < 4.78 is 37.5. The molecule has 0 aromatic carbocycles. The highest BCUT2D eigenvalue weighted by atomic mass is 19.4. The summed E-state index contributed by atoms with van der Waals surface area (Å²) in [5.74, 6) is -0.729. The van der Waals surface area contributed by atoms with Crippen molar-refractivity contribution < 1.29 is 18.0 Å². The average Bonchev–Trinajstić information content (AvgIpc) is 2.24. The molecule has 3 N–H and O–H groups in total. The molecule has 1 aromatic rings. The number of hydrogen-bond acceptors (Lipinski definition) is 4. The Kier molecular flexibility index (Phi) is 3.87. The fourth-order valence-electron chi connectivity index (χ4n) is 1.17. The molecule has 1 rings (SSSR count). The first-order valence-corrected chi connectivity index (χ1v) is 4.73. The SMILES string of the molecule is CNc1nc(CCC(N)=O)ncc1C(F)(F)F. The number of anilines is 1. The van der Waals surface area contributed by atoms with Crippen molar-refractivity contribution >= 4 is 11.7 Å². The molecule has 0 saturated carbocycles. The van der Waals surface area contributed by atoms with E-state index >= 15 is 0 Å². The van der Waals surface area contributed by atoms with Crippen molar-refractivity contribution in [3.63, 3.8) is 0 Å². The number of amides is 1. The van der Waals surface area contributed by atoms with Crippen molar-refractivity contribution in [3.05, 3.63) is 17.6 Å². The van der Waals surface area contributed by atoms with Crippen molar-refractivity contribution in [1.29, 1.82) is 0 Å². The van der Waals surface area contributed by atoms with Crippen LogP contribution >= 0.6 is 0 Å². The van der Waals surface area contributed by atoms with E-state index in [4.69, 9.17) is 5.73 Å². The second-order valence-corrected chi connectivity index (χ2v) is 3.26. The Labute approximate surface area is 95.2 Å². The van der Waals surface area contributed by atoms with Gasteiger partial charge in [0.15, 0.2) is 0 Å². The number of carbonyl (C=O) groups excluding carboxylic acids is 1. The van der Waals surface area contributed by atoms with Crippen LogP contribution < -0.4 is 11.1 Å². The summed E-state index contributed by atoms with van der Waals surface area (Å²) >= 11 is 0. The molecule has 0 aliphatic heterocycles. The van der Waals surface area contributed by atoms with E-state index in [1.165, 1.54) is 7.05 Å². The molecule has 17 heavy (non-hydrogen) atoms. The van der Waals surface area contributed by atoms with Crippen LogP contribution in [0.15, 0.2) is 6.20 Å². The van der Waals surface area contributed by atoms with Gasteiger partial charge in [-0.15, -0.1) is 0 Å². The van der Waals surface area contributed by atoms with Crippen molar-refractivity contribution in [2.45, 2.75) is 19.0 Å². The van der Waals surface area contributed by atoms with Gasteiger partial charge < -0.3 is 11.1 Å². The Hall–Kier alpha value is -1.86. The largest absolute Gasteiger partial charge is 0.421 e. The van der Waals surface area contributed by atoms with Gasteiger partial charge in [0, 0.05) is 26.1 Å². The Morgan fingerprint density at radius 2 is 2.18 bits per heavy atom. The number of alkyl halides is 3. The molecule has 0 unspecified atom stereocenters. The van der Waals surface area contributed by atoms with Gasteiger partial charge in [-0.05, 0) is 0 Å². The van der Waals surface area contributed by atoms with E-state index in [9.17, 15) is 18.0 Å². The number of aromatic nitrogens is 2. The quantitative estimate of drug-likeness (QED) is 0.831. The number of hydrogen-bond donors (Lipinski definition) is 2. The number of nitrogens with one attached hydrogen (secondary N) is 1. The van der Waals surface area contributed by atoms with Crippen LogP contribution in [0.25, 0.3) is 0 Å². The van der Waals surface area contributed by atoms with E-state index in [0.29, 0.717) is 6.20 Å². The molecule has 0 fully saturated rings. The summed E-state index contributed by atoms with van der Waals surface area (Å²) in [6.45, 7) is 0. The van der Waals surface area contributed by atoms with Crippen LogP contribution in [-0.4, -0.2) is 22.9 Å². The maximum absolute atomic E-state index is 12.5. The summed E-state index contributed by atoms with van der Waals surface area (Å²) in [5, 5.41) is 2.34. The molecule has 0 bridgehead atoms. The third-order valence-electron chi connectivity index (χ3n) is 1.98. The Morgan fingerprint density at radius 1 is 1.53 bits per heavy atom. The minimum atomic E-state index is -4.51. The van der Waals surface area contributed by atoms with Crippen LogP contribution in [0.2, 0.25) is 0 Å². The molecule has 1 heterocycles. The van der Waals surface area contributed by atoms with Crippen LogP contribution in [0.4, 0.5) is 19.0 Å². The van der Waals surface area contributed by atoms with Crippen LogP contribution in [0.3, 0.4) is 0 Å². The molecular weight excluding hydrogens is 237 g/mol. The highest BCUT2D eigenvalue weighted by Crippen LogP contribution is 2.32.